The van der Waals surface area contributed by atoms with Gasteiger partial charge in [0.2, 0.25) is 17.7 Å². The minimum atomic E-state index is -0.581. The van der Waals surface area contributed by atoms with Crippen LogP contribution in [-0.2, 0) is 14.4 Å². The number of benzene rings is 1. The molecule has 0 radical (unpaired) electrons. The highest BCUT2D eigenvalue weighted by molar-refractivity contribution is 8.01. The topological polar surface area (TPSA) is 179 Å². The molecule has 32 heavy (non-hydrogen) atoms. The van der Waals surface area contributed by atoms with Crippen LogP contribution in [0.15, 0.2) is 38.4 Å². The van der Waals surface area contributed by atoms with Gasteiger partial charge in [0.1, 0.15) is 5.76 Å². The van der Waals surface area contributed by atoms with Crippen LogP contribution < -0.4 is 27.1 Å². The first-order chi connectivity index (χ1) is 15.2. The first-order valence-corrected chi connectivity index (χ1v) is 10.5. The van der Waals surface area contributed by atoms with E-state index in [0.29, 0.717) is 5.76 Å². The lowest BCUT2D eigenvalue weighted by atomic mass is 10.1. The van der Waals surface area contributed by atoms with Crippen molar-refractivity contribution in [1.29, 1.82) is 0 Å². The molecule has 3 amide bonds. The van der Waals surface area contributed by atoms with E-state index >= 15 is 0 Å². The predicted molar refractivity (Wildman–Crippen MR) is 119 cm³/mol. The molecule has 3 aromatic rings. The lowest BCUT2D eigenvalue weighted by Gasteiger charge is -2.11. The molecule has 0 aliphatic heterocycles. The molecule has 0 aliphatic carbocycles. The number of nitrogens with one attached hydrogen (secondary N) is 5. The fraction of sp³-hybridized carbons (Fsp3) is 0.263. The average Bonchev–Trinajstić information content (AvgIpc) is 3.17. The number of hydrogen-bond acceptors (Lipinski definition) is 8. The highest BCUT2D eigenvalue weighted by Crippen LogP contribution is 2.17. The number of carbonyl (C=O) groups is 3. The molecule has 13 heteroatoms. The van der Waals surface area contributed by atoms with E-state index in [1.165, 1.54) is 18.2 Å². The smallest absolute Gasteiger partial charge is 0.272 e. The second kappa shape index (κ2) is 9.96. The average molecular weight is 460 g/mol. The molecule has 1 unspecified atom stereocenters. The molecule has 2 aromatic heterocycles. The summed E-state index contributed by atoms with van der Waals surface area (Å²) in [5.41, 5.74) is -0.918. The molecule has 1 atom stereocenters. The first-order valence-electron chi connectivity index (χ1n) is 9.40. The number of thioether (sulfide) groups is 1. The van der Waals surface area contributed by atoms with Crippen LogP contribution in [0.25, 0.3) is 10.8 Å². The molecule has 0 fully saturated rings. The van der Waals surface area contributed by atoms with Crippen LogP contribution in [0.3, 0.4) is 0 Å². The molecule has 0 aliphatic rings. The second-order valence-electron chi connectivity index (χ2n) is 6.73. The lowest BCUT2D eigenvalue weighted by Crippen LogP contribution is -2.35. The highest BCUT2D eigenvalue weighted by Gasteiger charge is 2.17. The molecule has 5 N–H and O–H groups in total. The quantitative estimate of drug-likeness (QED) is 0.319. The Morgan fingerprint density at radius 2 is 1.88 bits per heavy atom. The Kier molecular flexibility index (Phi) is 7.10. The van der Waals surface area contributed by atoms with Gasteiger partial charge in [-0.15, -0.1) is 11.8 Å². The fourth-order valence-electron chi connectivity index (χ4n) is 2.69. The molecule has 12 nitrogen and oxygen atoms in total. The van der Waals surface area contributed by atoms with E-state index in [0.717, 1.165) is 11.8 Å². The minimum Gasteiger partial charge on any atom is -0.360 e. The molecule has 2 heterocycles. The first kappa shape index (κ1) is 22.8. The summed E-state index contributed by atoms with van der Waals surface area (Å²) < 4.78 is 4.87. The van der Waals surface area contributed by atoms with Gasteiger partial charge in [-0.2, -0.15) is 0 Å². The number of rotatable bonds is 8. The van der Waals surface area contributed by atoms with E-state index in [4.69, 9.17) is 4.52 Å². The number of amides is 3. The van der Waals surface area contributed by atoms with Crippen LogP contribution in [0.5, 0.6) is 0 Å². The summed E-state index contributed by atoms with van der Waals surface area (Å²) in [4.78, 5) is 60.2. The number of carbonyl (C=O) groups excluding carboxylic acids is 3. The molecule has 0 spiro atoms. The van der Waals surface area contributed by atoms with Crippen molar-refractivity contribution in [1.82, 2.24) is 20.7 Å². The van der Waals surface area contributed by atoms with Crippen LogP contribution in [0, 0.1) is 6.92 Å². The van der Waals surface area contributed by atoms with Gasteiger partial charge >= 0.3 is 0 Å². The van der Waals surface area contributed by atoms with Gasteiger partial charge in [-0.05, 0) is 26.0 Å². The third-order valence-electron chi connectivity index (χ3n) is 4.26. The highest BCUT2D eigenvalue weighted by atomic mass is 32.2. The van der Waals surface area contributed by atoms with E-state index in [9.17, 15) is 24.0 Å². The van der Waals surface area contributed by atoms with Crippen LogP contribution in [0.4, 0.5) is 11.5 Å². The van der Waals surface area contributed by atoms with Crippen molar-refractivity contribution >= 4 is 51.8 Å². The lowest BCUT2D eigenvalue weighted by molar-refractivity contribution is -0.122. The third kappa shape index (κ3) is 5.63. The fourth-order valence-corrected chi connectivity index (χ4v) is 3.40. The Bertz CT molecular complexity index is 1280. The van der Waals surface area contributed by atoms with Crippen molar-refractivity contribution in [2.75, 3.05) is 22.9 Å². The van der Waals surface area contributed by atoms with Gasteiger partial charge in [-0.25, -0.2) is 0 Å². The number of nitrogens with zero attached hydrogens (tertiary/aromatic N) is 1. The van der Waals surface area contributed by atoms with Crippen LogP contribution in [0.1, 0.15) is 12.7 Å². The minimum absolute atomic E-state index is 0.0358. The van der Waals surface area contributed by atoms with Crippen molar-refractivity contribution in [3.8, 4) is 0 Å². The predicted octanol–water partition coefficient (Wildman–Crippen LogP) is 0.328. The molecule has 0 bridgehead atoms. The van der Waals surface area contributed by atoms with Gasteiger partial charge in [0, 0.05) is 6.07 Å². The van der Waals surface area contributed by atoms with Gasteiger partial charge in [-0.1, -0.05) is 11.2 Å². The zero-order valence-corrected chi connectivity index (χ0v) is 17.9. The molecule has 0 saturated heterocycles. The Balaban J connectivity index is 1.48. The second-order valence-corrected chi connectivity index (χ2v) is 8.06. The maximum absolute atomic E-state index is 12.2. The standard InChI is InChI=1S/C19H20N6O6S/c1-9-6-13(25-31-9)22-17(28)10(2)32-8-15(27)20-7-14(26)21-12-5-3-4-11-16(12)19(30)24-23-18(11)29/h3-6,10H,7-8H2,1-2H3,(H,20,27)(H,21,26)(H,23,29)(H,24,30)(H,22,25,28). The third-order valence-corrected chi connectivity index (χ3v) is 5.40. The van der Waals surface area contributed by atoms with Crippen molar-refractivity contribution in [2.45, 2.75) is 19.1 Å². The summed E-state index contributed by atoms with van der Waals surface area (Å²) in [6, 6.07) is 6.03. The van der Waals surface area contributed by atoms with Gasteiger partial charge < -0.3 is 20.5 Å². The van der Waals surface area contributed by atoms with Crippen molar-refractivity contribution in [2.24, 2.45) is 0 Å². The largest absolute Gasteiger partial charge is 0.360 e. The van der Waals surface area contributed by atoms with Crippen molar-refractivity contribution in [3.05, 3.63) is 50.7 Å². The Morgan fingerprint density at radius 1 is 1.12 bits per heavy atom. The van der Waals surface area contributed by atoms with Crippen LogP contribution in [0.2, 0.25) is 0 Å². The van der Waals surface area contributed by atoms with Crippen LogP contribution >= 0.6 is 11.8 Å². The summed E-state index contributed by atoms with van der Waals surface area (Å²) in [6.45, 7) is 2.97. The molecule has 3 rings (SSSR count). The SMILES string of the molecule is Cc1cc(NC(=O)C(C)SCC(=O)NCC(=O)Nc2cccc3c(=O)[nH][nH]c(=O)c23)no1. The normalized spacial score (nSPS) is 11.7. The summed E-state index contributed by atoms with van der Waals surface area (Å²) in [5, 5.41) is 15.2. The molecule has 1 aromatic carbocycles. The van der Waals surface area contributed by atoms with Gasteiger partial charge in [0.15, 0.2) is 5.82 Å². The number of aromatic nitrogens is 3. The van der Waals surface area contributed by atoms with E-state index in [-0.39, 0.29) is 40.5 Å². The number of aromatic amines is 2. The zero-order chi connectivity index (χ0) is 23.3. The molecular formula is C19H20N6O6S. The monoisotopic (exact) mass is 460 g/mol. The number of anilines is 2. The Hall–Kier alpha value is -3.87. The maximum atomic E-state index is 12.2. The summed E-state index contributed by atoms with van der Waals surface area (Å²) >= 11 is 1.08. The zero-order valence-electron chi connectivity index (χ0n) is 17.1. The summed E-state index contributed by atoms with van der Waals surface area (Å²) in [5.74, 6) is -0.584. The van der Waals surface area contributed by atoms with Crippen LogP contribution in [-0.4, -0.2) is 50.6 Å². The van der Waals surface area contributed by atoms with E-state index in [1.54, 1.807) is 19.9 Å². The van der Waals surface area contributed by atoms with E-state index < -0.39 is 28.2 Å². The van der Waals surface area contributed by atoms with E-state index in [2.05, 4.69) is 31.3 Å². The summed E-state index contributed by atoms with van der Waals surface area (Å²) in [7, 11) is 0. The number of aryl methyl sites for hydroxylation is 1. The summed E-state index contributed by atoms with van der Waals surface area (Å²) in [6.07, 6.45) is 0. The number of hydrogen-bond donors (Lipinski definition) is 5. The number of fused-ring (bicyclic) bond motifs is 1. The van der Waals surface area contributed by atoms with Gasteiger partial charge in [-0.3, -0.25) is 34.2 Å². The Labute approximate surface area is 184 Å². The Morgan fingerprint density at radius 3 is 2.59 bits per heavy atom. The molecular weight excluding hydrogens is 440 g/mol. The maximum Gasteiger partial charge on any atom is 0.272 e. The van der Waals surface area contributed by atoms with E-state index in [1.807, 2.05) is 0 Å². The molecule has 168 valence electrons. The van der Waals surface area contributed by atoms with Gasteiger partial charge in [0.05, 0.1) is 34.0 Å². The van der Waals surface area contributed by atoms with Crippen molar-refractivity contribution in [3.63, 3.8) is 0 Å². The molecule has 0 saturated carbocycles. The van der Waals surface area contributed by atoms with Gasteiger partial charge in [0.25, 0.3) is 11.1 Å². The number of H-pyrrole nitrogens is 2. The van der Waals surface area contributed by atoms with Crippen molar-refractivity contribution < 1.29 is 18.9 Å².